The molecule has 1 amide bonds. The van der Waals surface area contributed by atoms with Gasteiger partial charge in [-0.2, -0.15) is 0 Å². The monoisotopic (exact) mass is 418 g/mol. The fourth-order valence-electron chi connectivity index (χ4n) is 2.87. The Balaban J connectivity index is 1.98. The van der Waals surface area contributed by atoms with Crippen LogP contribution in [0, 0.1) is 17.0 Å². The molecule has 29 heavy (non-hydrogen) atoms. The van der Waals surface area contributed by atoms with Crippen molar-refractivity contribution < 1.29 is 19.2 Å². The van der Waals surface area contributed by atoms with Crippen molar-refractivity contribution in [3.63, 3.8) is 0 Å². The second-order valence-corrected chi connectivity index (χ2v) is 7.64. The number of methoxy groups -OCH3 is 2. The van der Waals surface area contributed by atoms with Gasteiger partial charge in [-0.15, -0.1) is 11.8 Å². The molecule has 0 radical (unpaired) electrons. The molecule has 0 aliphatic rings. The summed E-state index contributed by atoms with van der Waals surface area (Å²) in [5.41, 5.74) is 2.90. The van der Waals surface area contributed by atoms with Gasteiger partial charge in [0.05, 0.1) is 30.9 Å². The van der Waals surface area contributed by atoms with Crippen LogP contribution in [0.4, 0.5) is 5.69 Å². The first kappa shape index (κ1) is 22.5. The summed E-state index contributed by atoms with van der Waals surface area (Å²) in [7, 11) is 4.91. The lowest BCUT2D eigenvalue weighted by atomic mass is 10.1. The number of hydrogen-bond acceptors (Lipinski definition) is 6. The Morgan fingerprint density at radius 1 is 1.21 bits per heavy atom. The number of nitro benzene ring substituents is 1. The van der Waals surface area contributed by atoms with Crippen LogP contribution in [0.25, 0.3) is 0 Å². The first-order chi connectivity index (χ1) is 13.8. The molecule has 1 atom stereocenters. The second kappa shape index (κ2) is 10.2. The summed E-state index contributed by atoms with van der Waals surface area (Å²) in [6.07, 6.45) is 0. The van der Waals surface area contributed by atoms with E-state index in [4.69, 9.17) is 9.47 Å². The highest BCUT2D eigenvalue weighted by molar-refractivity contribution is 7.99. The Morgan fingerprint density at radius 3 is 2.48 bits per heavy atom. The molecule has 0 aliphatic heterocycles. The normalized spacial score (nSPS) is 11.6. The van der Waals surface area contributed by atoms with Gasteiger partial charge >= 0.3 is 0 Å². The van der Waals surface area contributed by atoms with Crippen molar-refractivity contribution in [2.75, 3.05) is 27.0 Å². The van der Waals surface area contributed by atoms with Crippen LogP contribution < -0.4 is 9.47 Å². The quantitative estimate of drug-likeness (QED) is 0.444. The number of amides is 1. The summed E-state index contributed by atoms with van der Waals surface area (Å²) in [6.45, 7) is 3.86. The first-order valence-electron chi connectivity index (χ1n) is 9.07. The van der Waals surface area contributed by atoms with Gasteiger partial charge in [0.2, 0.25) is 5.91 Å². The number of thioether (sulfide) groups is 1. The van der Waals surface area contributed by atoms with Gasteiger partial charge in [-0.25, -0.2) is 0 Å². The van der Waals surface area contributed by atoms with Gasteiger partial charge in [-0.05, 0) is 42.7 Å². The molecule has 2 aromatic rings. The molecule has 0 saturated heterocycles. The number of rotatable bonds is 9. The average Bonchev–Trinajstić information content (AvgIpc) is 2.73. The third-order valence-corrected chi connectivity index (χ3v) is 5.83. The summed E-state index contributed by atoms with van der Waals surface area (Å²) in [6, 6.07) is 9.98. The molecule has 0 N–H and O–H groups in total. The van der Waals surface area contributed by atoms with Crippen molar-refractivity contribution in [1.82, 2.24) is 4.90 Å². The largest absolute Gasteiger partial charge is 0.493 e. The Bertz CT molecular complexity index is 887. The van der Waals surface area contributed by atoms with Crippen LogP contribution in [-0.4, -0.2) is 42.8 Å². The maximum absolute atomic E-state index is 12.6. The van der Waals surface area contributed by atoms with E-state index in [0.29, 0.717) is 23.0 Å². The third kappa shape index (κ3) is 5.63. The van der Waals surface area contributed by atoms with Crippen LogP contribution in [-0.2, 0) is 10.5 Å². The number of benzene rings is 2. The highest BCUT2D eigenvalue weighted by atomic mass is 32.2. The third-order valence-electron chi connectivity index (χ3n) is 4.86. The fourth-order valence-corrected chi connectivity index (χ4v) is 3.88. The topological polar surface area (TPSA) is 81.9 Å². The van der Waals surface area contributed by atoms with Crippen LogP contribution in [0.15, 0.2) is 36.4 Å². The van der Waals surface area contributed by atoms with E-state index >= 15 is 0 Å². The van der Waals surface area contributed by atoms with Gasteiger partial charge in [0, 0.05) is 24.9 Å². The molecule has 2 aromatic carbocycles. The standard InChI is InChI=1S/C21H26N2O5S/c1-14-9-19(27-4)20(28-5)11-17(14)12-29-13-21(24)22(3)15(2)16-7-6-8-18(10-16)23(25)26/h6-11,15H,12-13H2,1-5H3/t15-/m1/s1. The zero-order chi connectivity index (χ0) is 21.6. The van der Waals surface area contributed by atoms with Crippen LogP contribution in [0.2, 0.25) is 0 Å². The summed E-state index contributed by atoms with van der Waals surface area (Å²) < 4.78 is 10.7. The maximum atomic E-state index is 12.6. The fraction of sp³-hybridized carbons (Fsp3) is 0.381. The van der Waals surface area contributed by atoms with Crippen molar-refractivity contribution in [3.8, 4) is 11.5 Å². The van der Waals surface area contributed by atoms with E-state index in [1.807, 2.05) is 26.0 Å². The van der Waals surface area contributed by atoms with Crippen molar-refractivity contribution in [2.45, 2.75) is 25.6 Å². The molecular weight excluding hydrogens is 392 g/mol. The molecule has 0 bridgehead atoms. The lowest BCUT2D eigenvalue weighted by Gasteiger charge is -2.25. The number of nitrogens with zero attached hydrogens (tertiary/aromatic N) is 2. The summed E-state index contributed by atoms with van der Waals surface area (Å²) in [4.78, 5) is 24.8. The number of ether oxygens (including phenoxy) is 2. The number of carbonyl (C=O) groups is 1. The predicted octanol–water partition coefficient (Wildman–Crippen LogP) is 4.37. The Kier molecular flexibility index (Phi) is 7.90. The lowest BCUT2D eigenvalue weighted by Crippen LogP contribution is -2.31. The van der Waals surface area contributed by atoms with Crippen molar-refractivity contribution >= 4 is 23.4 Å². The summed E-state index contributed by atoms with van der Waals surface area (Å²) in [5.74, 6) is 2.28. The van der Waals surface area contributed by atoms with E-state index in [0.717, 1.165) is 16.7 Å². The van der Waals surface area contributed by atoms with Crippen molar-refractivity contribution in [1.29, 1.82) is 0 Å². The highest BCUT2D eigenvalue weighted by Crippen LogP contribution is 2.32. The Labute approximate surface area is 175 Å². The van der Waals surface area contributed by atoms with Gasteiger partial charge < -0.3 is 14.4 Å². The second-order valence-electron chi connectivity index (χ2n) is 6.66. The van der Waals surface area contributed by atoms with Crippen molar-refractivity contribution in [2.24, 2.45) is 0 Å². The molecule has 0 fully saturated rings. The molecule has 0 saturated carbocycles. The predicted molar refractivity (Wildman–Crippen MR) is 115 cm³/mol. The minimum absolute atomic E-state index is 0.0218. The molecular formula is C21H26N2O5S. The van der Waals surface area contributed by atoms with Gasteiger partial charge in [-0.1, -0.05) is 12.1 Å². The number of nitro groups is 1. The van der Waals surface area contributed by atoms with Crippen LogP contribution in [0.3, 0.4) is 0 Å². The van der Waals surface area contributed by atoms with Crippen molar-refractivity contribution in [3.05, 3.63) is 63.2 Å². The minimum Gasteiger partial charge on any atom is -0.493 e. The Morgan fingerprint density at radius 2 is 1.86 bits per heavy atom. The van der Waals surface area contributed by atoms with E-state index in [1.54, 1.807) is 38.3 Å². The van der Waals surface area contributed by atoms with E-state index in [-0.39, 0.29) is 17.6 Å². The molecule has 2 rings (SSSR count). The summed E-state index contributed by atoms with van der Waals surface area (Å²) >= 11 is 1.51. The molecule has 0 unspecified atom stereocenters. The molecule has 0 aromatic heterocycles. The molecule has 0 heterocycles. The van der Waals surface area contributed by atoms with Gasteiger partial charge in [0.25, 0.3) is 5.69 Å². The van der Waals surface area contributed by atoms with Crippen LogP contribution >= 0.6 is 11.8 Å². The van der Waals surface area contributed by atoms with Gasteiger partial charge in [0.15, 0.2) is 11.5 Å². The first-order valence-corrected chi connectivity index (χ1v) is 10.2. The molecule has 0 spiro atoms. The molecule has 156 valence electrons. The number of carbonyl (C=O) groups excluding carboxylic acids is 1. The van der Waals surface area contributed by atoms with Gasteiger partial charge in [-0.3, -0.25) is 14.9 Å². The zero-order valence-electron chi connectivity index (χ0n) is 17.3. The average molecular weight is 419 g/mol. The van der Waals surface area contributed by atoms with Crippen LogP contribution in [0.5, 0.6) is 11.5 Å². The molecule has 0 aliphatic carbocycles. The lowest BCUT2D eigenvalue weighted by molar-refractivity contribution is -0.384. The molecule has 7 nitrogen and oxygen atoms in total. The van der Waals surface area contributed by atoms with E-state index in [9.17, 15) is 14.9 Å². The number of hydrogen-bond donors (Lipinski definition) is 0. The van der Waals surface area contributed by atoms with E-state index in [1.165, 1.54) is 23.9 Å². The van der Waals surface area contributed by atoms with E-state index in [2.05, 4.69) is 0 Å². The van der Waals surface area contributed by atoms with E-state index < -0.39 is 4.92 Å². The Hall–Kier alpha value is -2.74. The number of non-ortho nitro benzene ring substituents is 1. The SMILES string of the molecule is COc1cc(C)c(CSCC(=O)N(C)[C@H](C)c2cccc([N+](=O)[O-])c2)cc1OC. The highest BCUT2D eigenvalue weighted by Gasteiger charge is 2.19. The molecule has 8 heteroatoms. The number of aryl methyl sites for hydroxylation is 1. The summed E-state index contributed by atoms with van der Waals surface area (Å²) in [5, 5.41) is 11.0. The smallest absolute Gasteiger partial charge is 0.269 e. The minimum atomic E-state index is -0.431. The maximum Gasteiger partial charge on any atom is 0.269 e. The van der Waals surface area contributed by atoms with Gasteiger partial charge in [0.1, 0.15) is 0 Å². The zero-order valence-corrected chi connectivity index (χ0v) is 18.1. The van der Waals surface area contributed by atoms with Crippen LogP contribution in [0.1, 0.15) is 29.7 Å².